The lowest BCUT2D eigenvalue weighted by Gasteiger charge is -2.14. The van der Waals surface area contributed by atoms with Crippen LogP contribution in [0.4, 0.5) is 10.1 Å². The number of imide groups is 1. The Morgan fingerprint density at radius 3 is 2.15 bits per heavy atom. The van der Waals surface area contributed by atoms with Crippen LogP contribution in [0.3, 0.4) is 0 Å². The standard InChI is InChI=1S/C15H11FN2O2/c16-13-9(4-3-7-12(13)17)8-18-14(19)10-5-1-2-6-11(10)15(18)20/h1-7H,8,17H2. The molecule has 1 aliphatic rings. The number of hydrogen-bond donors (Lipinski definition) is 1. The lowest BCUT2D eigenvalue weighted by molar-refractivity contribution is 0.0641. The van der Waals surface area contributed by atoms with E-state index in [0.29, 0.717) is 11.1 Å². The summed E-state index contributed by atoms with van der Waals surface area (Å²) in [4.78, 5) is 25.3. The average molecular weight is 270 g/mol. The fourth-order valence-electron chi connectivity index (χ4n) is 2.27. The highest BCUT2D eigenvalue weighted by molar-refractivity contribution is 6.21. The van der Waals surface area contributed by atoms with Crippen LogP contribution in [0.25, 0.3) is 0 Å². The van der Waals surface area contributed by atoms with Gasteiger partial charge in [-0.25, -0.2) is 4.39 Å². The maximum Gasteiger partial charge on any atom is 0.261 e. The van der Waals surface area contributed by atoms with Crippen LogP contribution in [0, 0.1) is 5.82 Å². The van der Waals surface area contributed by atoms with Crippen molar-refractivity contribution in [3.05, 3.63) is 65.0 Å². The number of nitrogens with two attached hydrogens (primary N) is 1. The van der Waals surface area contributed by atoms with E-state index in [4.69, 9.17) is 5.73 Å². The summed E-state index contributed by atoms with van der Waals surface area (Å²) in [7, 11) is 0. The van der Waals surface area contributed by atoms with Gasteiger partial charge in [0.15, 0.2) is 5.82 Å². The summed E-state index contributed by atoms with van der Waals surface area (Å²) >= 11 is 0. The highest BCUT2D eigenvalue weighted by Crippen LogP contribution is 2.25. The predicted octanol–water partition coefficient (Wildman–Crippen LogP) is 2.20. The molecule has 100 valence electrons. The van der Waals surface area contributed by atoms with Crippen molar-refractivity contribution in [2.75, 3.05) is 5.73 Å². The van der Waals surface area contributed by atoms with E-state index < -0.39 is 17.6 Å². The second-order valence-corrected chi connectivity index (χ2v) is 4.56. The molecule has 0 radical (unpaired) electrons. The number of carbonyl (C=O) groups excluding carboxylic acids is 2. The molecule has 2 amide bonds. The lowest BCUT2D eigenvalue weighted by atomic mass is 10.1. The quantitative estimate of drug-likeness (QED) is 0.672. The minimum Gasteiger partial charge on any atom is -0.396 e. The van der Waals surface area contributed by atoms with Gasteiger partial charge in [0, 0.05) is 5.56 Å². The first-order chi connectivity index (χ1) is 9.59. The third-order valence-electron chi connectivity index (χ3n) is 3.32. The Bertz CT molecular complexity index is 693. The van der Waals surface area contributed by atoms with Crippen molar-refractivity contribution in [1.82, 2.24) is 4.90 Å². The zero-order valence-corrected chi connectivity index (χ0v) is 10.5. The van der Waals surface area contributed by atoms with Gasteiger partial charge in [-0.05, 0) is 18.2 Å². The van der Waals surface area contributed by atoms with Crippen molar-refractivity contribution in [3.8, 4) is 0 Å². The van der Waals surface area contributed by atoms with Crippen molar-refractivity contribution < 1.29 is 14.0 Å². The number of rotatable bonds is 2. The Morgan fingerprint density at radius 1 is 0.950 bits per heavy atom. The van der Waals surface area contributed by atoms with Gasteiger partial charge in [-0.1, -0.05) is 24.3 Å². The Morgan fingerprint density at radius 2 is 1.55 bits per heavy atom. The van der Waals surface area contributed by atoms with Gasteiger partial charge in [0.25, 0.3) is 11.8 Å². The van der Waals surface area contributed by atoms with Crippen LogP contribution in [0.1, 0.15) is 26.3 Å². The molecule has 2 aromatic rings. The highest BCUT2D eigenvalue weighted by atomic mass is 19.1. The zero-order valence-electron chi connectivity index (χ0n) is 10.5. The van der Waals surface area contributed by atoms with E-state index in [1.165, 1.54) is 12.1 Å². The molecule has 2 aromatic carbocycles. The maximum atomic E-state index is 13.9. The summed E-state index contributed by atoms with van der Waals surface area (Å²) in [5, 5.41) is 0. The number of amides is 2. The molecule has 0 bridgehead atoms. The van der Waals surface area contributed by atoms with Crippen LogP contribution < -0.4 is 5.73 Å². The minimum absolute atomic E-state index is 0.000825. The molecule has 0 aromatic heterocycles. The number of halogens is 1. The molecule has 1 heterocycles. The number of nitrogens with zero attached hydrogens (tertiary/aromatic N) is 1. The average Bonchev–Trinajstić information content (AvgIpc) is 2.69. The van der Waals surface area contributed by atoms with Crippen LogP contribution in [-0.2, 0) is 6.54 Å². The third kappa shape index (κ3) is 1.75. The van der Waals surface area contributed by atoms with Gasteiger partial charge in [-0.15, -0.1) is 0 Å². The summed E-state index contributed by atoms with van der Waals surface area (Å²) in [5.74, 6) is -1.41. The molecule has 4 nitrogen and oxygen atoms in total. The maximum absolute atomic E-state index is 13.9. The molecule has 0 saturated heterocycles. The molecular formula is C15H11FN2O2. The summed E-state index contributed by atoms with van der Waals surface area (Å²) in [6.45, 7) is -0.122. The first-order valence-electron chi connectivity index (χ1n) is 6.07. The predicted molar refractivity (Wildman–Crippen MR) is 71.5 cm³/mol. The van der Waals surface area contributed by atoms with E-state index >= 15 is 0 Å². The lowest BCUT2D eigenvalue weighted by Crippen LogP contribution is -2.29. The molecule has 0 atom stereocenters. The van der Waals surface area contributed by atoms with E-state index in [9.17, 15) is 14.0 Å². The summed E-state index contributed by atoms with van der Waals surface area (Å²) in [5.41, 5.74) is 6.40. The molecule has 1 aliphatic heterocycles. The molecule has 5 heteroatoms. The fraction of sp³-hybridized carbons (Fsp3) is 0.0667. The number of fused-ring (bicyclic) bond motifs is 1. The molecular weight excluding hydrogens is 259 g/mol. The van der Waals surface area contributed by atoms with Gasteiger partial charge in [0.1, 0.15) is 0 Å². The second-order valence-electron chi connectivity index (χ2n) is 4.56. The van der Waals surface area contributed by atoms with Crippen LogP contribution >= 0.6 is 0 Å². The van der Waals surface area contributed by atoms with Crippen molar-refractivity contribution in [1.29, 1.82) is 0 Å². The van der Waals surface area contributed by atoms with E-state index in [1.54, 1.807) is 30.3 Å². The van der Waals surface area contributed by atoms with Crippen molar-refractivity contribution in [2.24, 2.45) is 0 Å². The van der Waals surface area contributed by atoms with Crippen LogP contribution in [0.15, 0.2) is 42.5 Å². The Labute approximate surface area is 114 Å². The number of benzene rings is 2. The van der Waals surface area contributed by atoms with Gasteiger partial charge >= 0.3 is 0 Å². The molecule has 0 aliphatic carbocycles. The Balaban J connectivity index is 1.96. The van der Waals surface area contributed by atoms with E-state index in [-0.39, 0.29) is 17.8 Å². The molecule has 0 saturated carbocycles. The van der Waals surface area contributed by atoms with E-state index in [2.05, 4.69) is 0 Å². The largest absolute Gasteiger partial charge is 0.396 e. The molecule has 0 fully saturated rings. The first kappa shape index (κ1) is 12.3. The van der Waals surface area contributed by atoms with E-state index in [0.717, 1.165) is 4.90 Å². The monoisotopic (exact) mass is 270 g/mol. The molecule has 2 N–H and O–H groups in total. The van der Waals surface area contributed by atoms with Crippen molar-refractivity contribution >= 4 is 17.5 Å². The third-order valence-corrected chi connectivity index (χ3v) is 3.32. The van der Waals surface area contributed by atoms with E-state index in [1.807, 2.05) is 0 Å². The van der Waals surface area contributed by atoms with Crippen molar-refractivity contribution in [2.45, 2.75) is 6.54 Å². The van der Waals surface area contributed by atoms with Gasteiger partial charge in [-0.3, -0.25) is 14.5 Å². The van der Waals surface area contributed by atoms with Gasteiger partial charge in [0.05, 0.1) is 23.4 Å². The zero-order chi connectivity index (χ0) is 14.3. The van der Waals surface area contributed by atoms with Crippen LogP contribution in [0.5, 0.6) is 0 Å². The molecule has 0 unspecified atom stereocenters. The SMILES string of the molecule is Nc1cccc(CN2C(=O)c3ccccc3C2=O)c1F. The summed E-state index contributed by atoms with van der Waals surface area (Å²) < 4.78 is 13.9. The smallest absolute Gasteiger partial charge is 0.261 e. The molecule has 20 heavy (non-hydrogen) atoms. The first-order valence-corrected chi connectivity index (χ1v) is 6.07. The number of carbonyl (C=O) groups is 2. The topological polar surface area (TPSA) is 63.4 Å². The Kier molecular flexibility index (Phi) is 2.75. The van der Waals surface area contributed by atoms with Gasteiger partial charge in [0.2, 0.25) is 0 Å². The number of hydrogen-bond acceptors (Lipinski definition) is 3. The van der Waals surface area contributed by atoms with Gasteiger partial charge < -0.3 is 5.73 Å². The van der Waals surface area contributed by atoms with Crippen LogP contribution in [0.2, 0.25) is 0 Å². The second kappa shape index (κ2) is 4.45. The summed E-state index contributed by atoms with van der Waals surface area (Å²) in [6.07, 6.45) is 0. The normalized spacial score (nSPS) is 13.8. The van der Waals surface area contributed by atoms with Gasteiger partial charge in [-0.2, -0.15) is 0 Å². The summed E-state index contributed by atoms with van der Waals surface area (Å²) in [6, 6.07) is 11.1. The fourth-order valence-corrected chi connectivity index (χ4v) is 2.27. The molecule has 3 rings (SSSR count). The van der Waals surface area contributed by atoms with Crippen LogP contribution in [-0.4, -0.2) is 16.7 Å². The number of nitrogen functional groups attached to an aromatic ring is 1. The molecule has 0 spiro atoms. The Hall–Kier alpha value is -2.69. The highest BCUT2D eigenvalue weighted by Gasteiger charge is 2.35. The van der Waals surface area contributed by atoms with Crippen molar-refractivity contribution in [3.63, 3.8) is 0 Å². The minimum atomic E-state index is -0.593. The number of anilines is 1.